The molecule has 2 aromatic rings. The van der Waals surface area contributed by atoms with E-state index in [0.29, 0.717) is 11.3 Å². The van der Waals surface area contributed by atoms with Crippen LogP contribution in [0.1, 0.15) is 13.8 Å². The van der Waals surface area contributed by atoms with Gasteiger partial charge < -0.3 is 0 Å². The van der Waals surface area contributed by atoms with Crippen LogP contribution in [0, 0.1) is 10.6 Å². The Morgan fingerprint density at radius 2 is 1.94 bits per heavy atom. The summed E-state index contributed by atoms with van der Waals surface area (Å²) in [7, 11) is 0. The average Bonchev–Trinajstić information content (AvgIpc) is 2.38. The van der Waals surface area contributed by atoms with Gasteiger partial charge in [-0.25, -0.2) is 4.68 Å². The van der Waals surface area contributed by atoms with Crippen LogP contribution in [0.3, 0.4) is 0 Å². The molecule has 0 radical (unpaired) electrons. The largest absolute Gasteiger partial charge is 0.277 e. The van der Waals surface area contributed by atoms with E-state index in [1.807, 2.05) is 35.1 Å². The molecule has 0 unspecified atom stereocenters. The Balaban J connectivity index is 2.52. The molecular weight excluding hydrogens is 244 g/mol. The minimum atomic E-state index is 0.00505. The van der Waals surface area contributed by atoms with E-state index in [1.54, 1.807) is 4.68 Å². The molecule has 1 aromatic heterocycles. The maximum atomic E-state index is 12.4. The highest BCUT2D eigenvalue weighted by atomic mass is 32.1. The number of aromatic nitrogens is 2. The molecule has 1 atom stereocenters. The van der Waals surface area contributed by atoms with E-state index in [0.717, 1.165) is 16.6 Å². The van der Waals surface area contributed by atoms with Crippen LogP contribution in [-0.2, 0) is 6.54 Å². The summed E-state index contributed by atoms with van der Waals surface area (Å²) < 4.78 is 4.29. The normalized spacial score (nSPS) is 18.6. The molecule has 4 heteroatoms. The molecule has 0 bridgehead atoms. The van der Waals surface area contributed by atoms with Crippen molar-refractivity contribution < 1.29 is 0 Å². The molecule has 18 heavy (non-hydrogen) atoms. The second-order valence-electron chi connectivity index (χ2n) is 4.86. The van der Waals surface area contributed by atoms with Gasteiger partial charge in [0.05, 0.1) is 5.39 Å². The van der Waals surface area contributed by atoms with Crippen LogP contribution in [0.4, 0.5) is 0 Å². The van der Waals surface area contributed by atoms with Crippen molar-refractivity contribution in [3.8, 4) is 0 Å². The molecule has 0 spiro atoms. The lowest BCUT2D eigenvalue weighted by Gasteiger charge is -2.25. The van der Waals surface area contributed by atoms with Gasteiger partial charge in [0.15, 0.2) is 0 Å². The maximum absolute atomic E-state index is 12.4. The fourth-order valence-electron chi connectivity index (χ4n) is 2.35. The lowest BCUT2D eigenvalue weighted by molar-refractivity contribution is 0.434. The van der Waals surface area contributed by atoms with Gasteiger partial charge >= 0.3 is 0 Å². The van der Waals surface area contributed by atoms with Gasteiger partial charge in [0.2, 0.25) is 0 Å². The summed E-state index contributed by atoms with van der Waals surface area (Å²) in [6.07, 6.45) is 1.90. The smallest absolute Gasteiger partial charge is 0.267 e. The molecule has 2 heterocycles. The Hall–Kier alpha value is -1.68. The van der Waals surface area contributed by atoms with Crippen molar-refractivity contribution in [2.24, 2.45) is 5.92 Å². The molecule has 3 nitrogen and oxygen atoms in total. The number of nitrogens with zero attached hydrogens (tertiary/aromatic N) is 2. The maximum Gasteiger partial charge on any atom is 0.277 e. The van der Waals surface area contributed by atoms with Crippen molar-refractivity contribution in [2.75, 3.05) is 0 Å². The summed E-state index contributed by atoms with van der Waals surface area (Å²) in [6, 6.07) is 7.55. The van der Waals surface area contributed by atoms with Crippen LogP contribution >= 0.6 is 12.2 Å². The van der Waals surface area contributed by atoms with Gasteiger partial charge in [0, 0.05) is 18.1 Å². The Morgan fingerprint density at radius 3 is 2.67 bits per heavy atom. The molecule has 0 amide bonds. The van der Waals surface area contributed by atoms with Gasteiger partial charge in [0.25, 0.3) is 5.56 Å². The number of hydrogen-bond acceptors (Lipinski definition) is 2. The first-order chi connectivity index (χ1) is 8.59. The standard InChI is InChI=1S/C14H14N2OS/c1-9-7-15-13(17)11-5-3-4-6-12(11)14(18)16(15)8-10(9)2/h3-7,10H,8H2,1-2H3/t10-/m1/s1. The number of fused-ring (bicyclic) bond motifs is 2. The van der Waals surface area contributed by atoms with Gasteiger partial charge in [-0.05, 0) is 18.9 Å². The molecule has 3 rings (SSSR count). The van der Waals surface area contributed by atoms with Gasteiger partial charge in [-0.15, -0.1) is 0 Å². The predicted molar refractivity (Wildman–Crippen MR) is 76.1 cm³/mol. The molecule has 1 aliphatic rings. The highest BCUT2D eigenvalue weighted by Crippen LogP contribution is 2.20. The second kappa shape index (κ2) is 3.92. The van der Waals surface area contributed by atoms with Crippen LogP contribution in [-0.4, -0.2) is 9.36 Å². The zero-order chi connectivity index (χ0) is 12.9. The van der Waals surface area contributed by atoms with Gasteiger partial charge in [0.1, 0.15) is 4.64 Å². The molecule has 0 fully saturated rings. The first-order valence-electron chi connectivity index (χ1n) is 6.02. The quantitative estimate of drug-likeness (QED) is 0.679. The van der Waals surface area contributed by atoms with E-state index < -0.39 is 0 Å². The fraction of sp³-hybridized carbons (Fsp3) is 0.286. The van der Waals surface area contributed by atoms with E-state index in [-0.39, 0.29) is 5.56 Å². The Labute approximate surface area is 110 Å². The van der Waals surface area contributed by atoms with Crippen molar-refractivity contribution in [1.29, 1.82) is 0 Å². The van der Waals surface area contributed by atoms with Crippen LogP contribution in [0.5, 0.6) is 0 Å². The summed E-state index contributed by atoms with van der Waals surface area (Å²) in [5.41, 5.74) is 1.22. The highest BCUT2D eigenvalue weighted by Gasteiger charge is 2.17. The van der Waals surface area contributed by atoms with Crippen molar-refractivity contribution in [3.05, 3.63) is 44.8 Å². The summed E-state index contributed by atoms with van der Waals surface area (Å²) in [4.78, 5) is 12.4. The molecular formula is C14H14N2OS. The topological polar surface area (TPSA) is 26.9 Å². The zero-order valence-electron chi connectivity index (χ0n) is 10.4. The van der Waals surface area contributed by atoms with E-state index in [4.69, 9.17) is 12.2 Å². The number of hydrogen-bond donors (Lipinski definition) is 0. The van der Waals surface area contributed by atoms with Gasteiger partial charge in [-0.2, -0.15) is 0 Å². The number of benzene rings is 1. The first-order valence-corrected chi connectivity index (χ1v) is 6.43. The summed E-state index contributed by atoms with van der Waals surface area (Å²) in [5, 5.41) is 1.56. The zero-order valence-corrected chi connectivity index (χ0v) is 11.2. The second-order valence-corrected chi connectivity index (χ2v) is 5.24. The third-order valence-electron chi connectivity index (χ3n) is 3.64. The molecule has 0 saturated carbocycles. The van der Waals surface area contributed by atoms with E-state index in [2.05, 4.69) is 13.8 Å². The Kier molecular flexibility index (Phi) is 2.48. The highest BCUT2D eigenvalue weighted by molar-refractivity contribution is 7.71. The molecule has 92 valence electrons. The summed E-state index contributed by atoms with van der Waals surface area (Å²) >= 11 is 5.51. The van der Waals surface area contributed by atoms with Gasteiger partial charge in [-0.3, -0.25) is 9.48 Å². The van der Waals surface area contributed by atoms with E-state index in [1.165, 1.54) is 5.57 Å². The monoisotopic (exact) mass is 258 g/mol. The number of rotatable bonds is 0. The molecule has 1 aromatic carbocycles. The molecule has 0 N–H and O–H groups in total. The van der Waals surface area contributed by atoms with Crippen LogP contribution in [0.15, 0.2) is 34.6 Å². The minimum absolute atomic E-state index is 0.00505. The molecule has 0 aliphatic carbocycles. The SMILES string of the molecule is CC1=Cn2c(=O)c3ccccc3c(=S)n2C[C@H]1C. The van der Waals surface area contributed by atoms with Crippen LogP contribution < -0.4 is 5.56 Å². The van der Waals surface area contributed by atoms with E-state index >= 15 is 0 Å². The third-order valence-corrected chi connectivity index (χ3v) is 4.07. The van der Waals surface area contributed by atoms with Crippen molar-refractivity contribution in [2.45, 2.75) is 20.4 Å². The van der Waals surface area contributed by atoms with Crippen LogP contribution in [0.2, 0.25) is 0 Å². The van der Waals surface area contributed by atoms with Crippen molar-refractivity contribution in [3.63, 3.8) is 0 Å². The van der Waals surface area contributed by atoms with Crippen LogP contribution in [0.25, 0.3) is 17.0 Å². The minimum Gasteiger partial charge on any atom is -0.267 e. The van der Waals surface area contributed by atoms with Gasteiger partial charge in [-0.1, -0.05) is 42.9 Å². The lowest BCUT2D eigenvalue weighted by atomic mass is 10.0. The lowest BCUT2D eigenvalue weighted by Crippen LogP contribution is -2.32. The average molecular weight is 258 g/mol. The van der Waals surface area contributed by atoms with E-state index in [9.17, 15) is 4.79 Å². The Morgan fingerprint density at radius 1 is 1.28 bits per heavy atom. The number of allylic oxidation sites excluding steroid dienone is 1. The van der Waals surface area contributed by atoms with Crippen molar-refractivity contribution in [1.82, 2.24) is 9.36 Å². The Bertz CT molecular complexity index is 782. The summed E-state index contributed by atoms with van der Waals surface area (Å²) in [5.74, 6) is 0.414. The van der Waals surface area contributed by atoms with Crippen molar-refractivity contribution >= 4 is 29.2 Å². The fourth-order valence-corrected chi connectivity index (χ4v) is 2.69. The molecule has 0 saturated heterocycles. The third kappa shape index (κ3) is 1.49. The first kappa shape index (κ1) is 11.4. The summed E-state index contributed by atoms with van der Waals surface area (Å²) in [6.45, 7) is 4.97. The predicted octanol–water partition coefficient (Wildman–Crippen LogP) is 3.04. The molecule has 1 aliphatic heterocycles.